The van der Waals surface area contributed by atoms with Crippen molar-refractivity contribution in [2.24, 2.45) is 5.92 Å². The molecule has 0 spiro atoms. The average Bonchev–Trinajstić information content (AvgIpc) is 3.44. The van der Waals surface area contributed by atoms with Crippen LogP contribution < -0.4 is 20.1 Å². The van der Waals surface area contributed by atoms with E-state index in [2.05, 4.69) is 10.6 Å². The number of anilines is 1. The maximum atomic E-state index is 12.4. The minimum atomic E-state index is -0.153. The summed E-state index contributed by atoms with van der Waals surface area (Å²) < 4.78 is 11.0. The van der Waals surface area contributed by atoms with E-state index in [4.69, 9.17) is 9.47 Å². The lowest BCUT2D eigenvalue weighted by atomic mass is 10.2. The third-order valence-electron chi connectivity index (χ3n) is 4.11. The lowest BCUT2D eigenvalue weighted by molar-refractivity contribution is -0.117. The van der Waals surface area contributed by atoms with Gasteiger partial charge in [-0.25, -0.2) is 0 Å². The highest BCUT2D eigenvalue weighted by Crippen LogP contribution is 2.32. The summed E-state index contributed by atoms with van der Waals surface area (Å²) >= 11 is 1.30. The van der Waals surface area contributed by atoms with Gasteiger partial charge in [0, 0.05) is 5.92 Å². The van der Waals surface area contributed by atoms with Crippen LogP contribution in [0, 0.1) is 12.8 Å². The van der Waals surface area contributed by atoms with Crippen LogP contribution in [-0.2, 0) is 4.79 Å². The summed E-state index contributed by atoms with van der Waals surface area (Å²) in [5, 5.41) is 6.46. The maximum Gasteiger partial charge on any atom is 0.261 e. The fraction of sp³-hybridized carbons (Fsp3) is 0.400. The first-order valence-electron chi connectivity index (χ1n) is 9.12. The number of rotatable bonds is 9. The van der Waals surface area contributed by atoms with Gasteiger partial charge in [0.1, 0.15) is 18.1 Å². The van der Waals surface area contributed by atoms with Crippen LogP contribution in [-0.4, -0.2) is 31.6 Å². The normalized spacial score (nSPS) is 13.1. The molecule has 7 heteroatoms. The number of carbonyl (C=O) groups excluding carboxylic acids is 2. The van der Waals surface area contributed by atoms with Crippen molar-refractivity contribution in [2.45, 2.75) is 26.7 Å². The lowest BCUT2D eigenvalue weighted by Gasteiger charge is -2.08. The molecule has 0 aliphatic heterocycles. The summed E-state index contributed by atoms with van der Waals surface area (Å²) in [7, 11) is 0. The molecule has 1 aromatic carbocycles. The zero-order chi connectivity index (χ0) is 19.2. The van der Waals surface area contributed by atoms with Crippen molar-refractivity contribution in [1.82, 2.24) is 5.32 Å². The van der Waals surface area contributed by atoms with Crippen molar-refractivity contribution in [3.8, 4) is 11.5 Å². The van der Waals surface area contributed by atoms with Gasteiger partial charge in [-0.15, -0.1) is 11.3 Å². The summed E-state index contributed by atoms with van der Waals surface area (Å²) in [6, 6.07) is 9.22. The Morgan fingerprint density at radius 2 is 1.81 bits per heavy atom. The monoisotopic (exact) mass is 388 g/mol. The Labute approximate surface area is 162 Å². The summed E-state index contributed by atoms with van der Waals surface area (Å²) in [5.74, 6) is 1.57. The molecule has 144 valence electrons. The predicted octanol–water partition coefficient (Wildman–Crippen LogP) is 3.61. The minimum Gasteiger partial charge on any atom is -0.494 e. The highest BCUT2D eigenvalue weighted by molar-refractivity contribution is 7.18. The van der Waals surface area contributed by atoms with Crippen molar-refractivity contribution in [2.75, 3.05) is 25.1 Å². The van der Waals surface area contributed by atoms with E-state index < -0.39 is 0 Å². The number of nitrogens with one attached hydrogen (secondary N) is 2. The van der Waals surface area contributed by atoms with Crippen molar-refractivity contribution in [3.63, 3.8) is 0 Å². The number of hydrogen-bond acceptors (Lipinski definition) is 5. The topological polar surface area (TPSA) is 76.7 Å². The molecule has 1 aromatic heterocycles. The maximum absolute atomic E-state index is 12.4. The zero-order valence-electron chi connectivity index (χ0n) is 15.5. The fourth-order valence-corrected chi connectivity index (χ4v) is 3.54. The van der Waals surface area contributed by atoms with Crippen LogP contribution in [0.2, 0.25) is 0 Å². The molecule has 3 rings (SSSR count). The zero-order valence-corrected chi connectivity index (χ0v) is 16.4. The summed E-state index contributed by atoms with van der Waals surface area (Å²) in [5.41, 5.74) is 0.857. The van der Waals surface area contributed by atoms with Crippen LogP contribution in [0.3, 0.4) is 0 Å². The Balaban J connectivity index is 1.43. The summed E-state index contributed by atoms with van der Waals surface area (Å²) in [4.78, 5) is 24.8. The number of benzene rings is 1. The highest BCUT2D eigenvalue weighted by atomic mass is 32.1. The Morgan fingerprint density at radius 1 is 1.15 bits per heavy atom. The van der Waals surface area contributed by atoms with Gasteiger partial charge in [0.2, 0.25) is 5.91 Å². The van der Waals surface area contributed by atoms with Crippen molar-refractivity contribution in [1.29, 1.82) is 0 Å². The van der Waals surface area contributed by atoms with E-state index in [1.807, 2.05) is 44.2 Å². The molecule has 1 aliphatic rings. The Hall–Kier alpha value is -2.54. The van der Waals surface area contributed by atoms with Crippen LogP contribution in [0.25, 0.3) is 0 Å². The number of amides is 2. The molecule has 27 heavy (non-hydrogen) atoms. The molecule has 0 bridgehead atoms. The third-order valence-corrected chi connectivity index (χ3v) is 5.26. The Bertz CT molecular complexity index is 797. The van der Waals surface area contributed by atoms with E-state index in [0.29, 0.717) is 24.6 Å². The first-order chi connectivity index (χ1) is 13.1. The van der Waals surface area contributed by atoms with Crippen LogP contribution >= 0.6 is 11.3 Å². The molecule has 6 nitrogen and oxygen atoms in total. The Kier molecular flexibility index (Phi) is 6.34. The molecular formula is C20H24N2O4S. The second kappa shape index (κ2) is 8.90. The second-order valence-electron chi connectivity index (χ2n) is 6.40. The van der Waals surface area contributed by atoms with Crippen LogP contribution in [0.5, 0.6) is 11.5 Å². The van der Waals surface area contributed by atoms with Gasteiger partial charge >= 0.3 is 0 Å². The SMILES string of the molecule is CCOc1ccc(OCCNC(=O)c2sc(NC(=O)C3CC3)cc2C)cc1. The van der Waals surface area contributed by atoms with Gasteiger partial charge in [0.15, 0.2) is 0 Å². The van der Waals surface area contributed by atoms with Gasteiger partial charge in [-0.2, -0.15) is 0 Å². The number of ether oxygens (including phenoxy) is 2. The van der Waals surface area contributed by atoms with E-state index in [-0.39, 0.29) is 17.7 Å². The number of thiophene rings is 1. The number of carbonyl (C=O) groups is 2. The van der Waals surface area contributed by atoms with Crippen molar-refractivity contribution >= 4 is 28.2 Å². The molecule has 2 aromatic rings. The van der Waals surface area contributed by atoms with Gasteiger partial charge < -0.3 is 20.1 Å². The molecule has 1 aliphatic carbocycles. The minimum absolute atomic E-state index is 0.0481. The molecule has 1 fully saturated rings. The molecule has 0 saturated heterocycles. The van der Waals surface area contributed by atoms with Gasteiger partial charge in [-0.3, -0.25) is 9.59 Å². The van der Waals surface area contributed by atoms with Crippen LogP contribution in [0.15, 0.2) is 30.3 Å². The average molecular weight is 388 g/mol. The van der Waals surface area contributed by atoms with Crippen molar-refractivity contribution in [3.05, 3.63) is 40.8 Å². The predicted molar refractivity (Wildman–Crippen MR) is 106 cm³/mol. The standard InChI is InChI=1S/C20H24N2O4S/c1-3-25-15-6-8-16(9-7-15)26-11-10-21-20(24)18-13(2)12-17(27-18)22-19(23)14-4-5-14/h6-9,12,14H,3-5,10-11H2,1-2H3,(H,21,24)(H,22,23). The molecule has 2 N–H and O–H groups in total. The number of aryl methyl sites for hydroxylation is 1. The molecule has 1 heterocycles. The van der Waals surface area contributed by atoms with Gasteiger partial charge in [-0.05, 0) is 62.6 Å². The van der Waals surface area contributed by atoms with Gasteiger partial charge in [0.25, 0.3) is 5.91 Å². The summed E-state index contributed by atoms with van der Waals surface area (Å²) in [6.45, 7) is 5.20. The van der Waals surface area contributed by atoms with E-state index in [1.54, 1.807) is 0 Å². The van der Waals surface area contributed by atoms with Gasteiger partial charge in [-0.1, -0.05) is 0 Å². The Morgan fingerprint density at radius 3 is 2.44 bits per heavy atom. The molecule has 0 radical (unpaired) electrons. The van der Waals surface area contributed by atoms with Crippen molar-refractivity contribution < 1.29 is 19.1 Å². The number of hydrogen-bond donors (Lipinski definition) is 2. The van der Waals surface area contributed by atoms with Crippen LogP contribution in [0.4, 0.5) is 5.00 Å². The lowest BCUT2D eigenvalue weighted by Crippen LogP contribution is -2.27. The van der Waals surface area contributed by atoms with Crippen LogP contribution in [0.1, 0.15) is 35.0 Å². The van der Waals surface area contributed by atoms with E-state index in [0.717, 1.165) is 34.9 Å². The molecule has 0 unspecified atom stereocenters. The fourth-order valence-electron chi connectivity index (χ4n) is 2.55. The quantitative estimate of drug-likeness (QED) is 0.644. The molecular weight excluding hydrogens is 364 g/mol. The summed E-state index contributed by atoms with van der Waals surface area (Å²) in [6.07, 6.45) is 1.91. The molecule has 2 amide bonds. The highest BCUT2D eigenvalue weighted by Gasteiger charge is 2.30. The van der Waals surface area contributed by atoms with E-state index in [1.165, 1.54) is 11.3 Å². The van der Waals surface area contributed by atoms with Gasteiger partial charge in [0.05, 0.1) is 23.0 Å². The molecule has 1 saturated carbocycles. The first-order valence-corrected chi connectivity index (χ1v) is 9.93. The van der Waals surface area contributed by atoms with E-state index >= 15 is 0 Å². The van der Waals surface area contributed by atoms with E-state index in [9.17, 15) is 9.59 Å². The largest absolute Gasteiger partial charge is 0.494 e. The second-order valence-corrected chi connectivity index (χ2v) is 7.45. The smallest absolute Gasteiger partial charge is 0.261 e. The third kappa shape index (κ3) is 5.47. The first kappa shape index (κ1) is 19.2. The molecule has 0 atom stereocenters.